The molecule has 1 saturated carbocycles. The van der Waals surface area contributed by atoms with Gasteiger partial charge in [0.05, 0.1) is 22.3 Å². The normalized spacial score (nSPS) is 15.5. The highest BCUT2D eigenvalue weighted by Gasteiger charge is 2.31. The smallest absolute Gasteiger partial charge is 0.268 e. The Balaban J connectivity index is 1.66. The fraction of sp³-hybridized carbons (Fsp3) is 0.294. The summed E-state index contributed by atoms with van der Waals surface area (Å²) in [6.45, 7) is 2.12. The van der Waals surface area contributed by atoms with E-state index in [4.69, 9.17) is 34.8 Å². The molecule has 0 spiro atoms. The standard InChI is InChI=1S/C17H14Cl3N3OS/c1-8(9-2-3-9)23-13(4-5-21-23)22-17(24)16-15(20)14-11(19)6-10(18)7-12(14)25-16/h4-9H,2-3H2,1H3,(H,22,24). The van der Waals surface area contributed by atoms with Gasteiger partial charge in [0, 0.05) is 21.2 Å². The summed E-state index contributed by atoms with van der Waals surface area (Å²) >= 11 is 20.0. The molecule has 1 N–H and O–H groups in total. The monoisotopic (exact) mass is 413 g/mol. The molecule has 25 heavy (non-hydrogen) atoms. The number of hydrogen-bond acceptors (Lipinski definition) is 3. The van der Waals surface area contributed by atoms with Crippen LogP contribution < -0.4 is 5.32 Å². The van der Waals surface area contributed by atoms with E-state index in [0.717, 1.165) is 4.70 Å². The topological polar surface area (TPSA) is 46.9 Å². The van der Waals surface area contributed by atoms with Crippen molar-refractivity contribution in [3.05, 3.63) is 44.3 Å². The molecular weight excluding hydrogens is 401 g/mol. The molecule has 1 amide bonds. The molecule has 8 heteroatoms. The van der Waals surface area contributed by atoms with Gasteiger partial charge in [0.15, 0.2) is 0 Å². The van der Waals surface area contributed by atoms with E-state index >= 15 is 0 Å². The zero-order valence-electron chi connectivity index (χ0n) is 13.2. The van der Waals surface area contributed by atoms with E-state index in [0.29, 0.717) is 37.1 Å². The van der Waals surface area contributed by atoms with Gasteiger partial charge < -0.3 is 5.32 Å². The third-order valence-corrected chi connectivity index (χ3v) is 6.60. The lowest BCUT2D eigenvalue weighted by Gasteiger charge is -2.15. The summed E-state index contributed by atoms with van der Waals surface area (Å²) in [5.74, 6) is 1.02. The fourth-order valence-electron chi connectivity index (χ4n) is 2.95. The van der Waals surface area contributed by atoms with Gasteiger partial charge in [0.2, 0.25) is 0 Å². The summed E-state index contributed by atoms with van der Waals surface area (Å²) in [5, 5.41) is 9.22. The summed E-state index contributed by atoms with van der Waals surface area (Å²) in [6, 6.07) is 5.44. The van der Waals surface area contributed by atoms with Crippen LogP contribution in [-0.2, 0) is 0 Å². The molecule has 0 bridgehead atoms. The van der Waals surface area contributed by atoms with Crippen LogP contribution in [0.1, 0.15) is 35.5 Å². The number of benzene rings is 1. The zero-order chi connectivity index (χ0) is 17.7. The van der Waals surface area contributed by atoms with Crippen LogP contribution in [0.25, 0.3) is 10.1 Å². The predicted octanol–water partition coefficient (Wildman–Crippen LogP) is 6.28. The van der Waals surface area contributed by atoms with Gasteiger partial charge >= 0.3 is 0 Å². The van der Waals surface area contributed by atoms with Crippen LogP contribution in [0.3, 0.4) is 0 Å². The van der Waals surface area contributed by atoms with Crippen LogP contribution in [0.15, 0.2) is 24.4 Å². The largest absolute Gasteiger partial charge is 0.306 e. The van der Waals surface area contributed by atoms with Crippen molar-refractivity contribution >= 4 is 68.0 Å². The number of halogens is 3. The number of carbonyl (C=O) groups excluding carboxylic acids is 1. The van der Waals surface area contributed by atoms with E-state index in [1.165, 1.54) is 24.2 Å². The zero-order valence-corrected chi connectivity index (χ0v) is 16.3. The molecule has 0 radical (unpaired) electrons. The first-order valence-corrected chi connectivity index (χ1v) is 9.82. The van der Waals surface area contributed by atoms with E-state index < -0.39 is 0 Å². The van der Waals surface area contributed by atoms with Crippen molar-refractivity contribution in [3.63, 3.8) is 0 Å². The van der Waals surface area contributed by atoms with Gasteiger partial charge in [0.25, 0.3) is 5.91 Å². The minimum absolute atomic E-state index is 0.261. The Bertz CT molecular complexity index is 977. The van der Waals surface area contributed by atoms with Crippen molar-refractivity contribution < 1.29 is 4.79 Å². The van der Waals surface area contributed by atoms with Crippen LogP contribution in [-0.4, -0.2) is 15.7 Å². The second kappa shape index (κ2) is 6.47. The SMILES string of the molecule is CC(C1CC1)n1nccc1NC(=O)c1sc2cc(Cl)cc(Cl)c2c1Cl. The van der Waals surface area contributed by atoms with Gasteiger partial charge in [-0.25, -0.2) is 4.68 Å². The third-order valence-electron chi connectivity index (χ3n) is 4.46. The van der Waals surface area contributed by atoms with Crippen molar-refractivity contribution in [2.45, 2.75) is 25.8 Å². The average Bonchev–Trinajstić information content (AvgIpc) is 3.21. The molecule has 0 aliphatic heterocycles. The first kappa shape index (κ1) is 17.2. The highest BCUT2D eigenvalue weighted by molar-refractivity contribution is 7.21. The summed E-state index contributed by atoms with van der Waals surface area (Å²) in [5.41, 5.74) is 0. The second-order valence-electron chi connectivity index (χ2n) is 6.20. The molecule has 0 saturated heterocycles. The van der Waals surface area contributed by atoms with Crippen molar-refractivity contribution in [1.29, 1.82) is 0 Å². The lowest BCUT2D eigenvalue weighted by Crippen LogP contribution is -2.17. The summed E-state index contributed by atoms with van der Waals surface area (Å²) in [7, 11) is 0. The number of rotatable bonds is 4. The molecule has 1 unspecified atom stereocenters. The highest BCUT2D eigenvalue weighted by atomic mass is 35.5. The number of fused-ring (bicyclic) bond motifs is 1. The molecule has 4 rings (SSSR count). The number of nitrogens with zero attached hydrogens (tertiary/aromatic N) is 2. The number of hydrogen-bond donors (Lipinski definition) is 1. The van der Waals surface area contributed by atoms with Crippen LogP contribution >= 0.6 is 46.1 Å². The Kier molecular flexibility index (Phi) is 4.44. The molecule has 2 aromatic heterocycles. The lowest BCUT2D eigenvalue weighted by molar-refractivity contribution is 0.102. The number of anilines is 1. The molecule has 1 aliphatic carbocycles. The third kappa shape index (κ3) is 3.14. The van der Waals surface area contributed by atoms with E-state index in [9.17, 15) is 4.79 Å². The Hall–Kier alpha value is -1.27. The maximum atomic E-state index is 12.8. The molecule has 1 atom stereocenters. The maximum absolute atomic E-state index is 12.8. The van der Waals surface area contributed by atoms with Gasteiger partial charge in [-0.05, 0) is 37.8 Å². The highest BCUT2D eigenvalue weighted by Crippen LogP contribution is 2.42. The van der Waals surface area contributed by atoms with Crippen LogP contribution in [0, 0.1) is 5.92 Å². The predicted molar refractivity (Wildman–Crippen MR) is 104 cm³/mol. The first-order valence-electron chi connectivity index (χ1n) is 7.87. The molecule has 1 aromatic carbocycles. The second-order valence-corrected chi connectivity index (χ2v) is 8.47. The van der Waals surface area contributed by atoms with Gasteiger partial charge in [-0.1, -0.05) is 34.8 Å². The average molecular weight is 415 g/mol. The maximum Gasteiger partial charge on any atom is 0.268 e. The first-order chi connectivity index (χ1) is 12.0. The van der Waals surface area contributed by atoms with E-state index in [-0.39, 0.29) is 11.9 Å². The Labute approximate surface area is 163 Å². The number of carbonyl (C=O) groups is 1. The molecule has 4 nitrogen and oxygen atoms in total. The van der Waals surface area contributed by atoms with Gasteiger partial charge in [-0.2, -0.15) is 5.10 Å². The quantitative estimate of drug-likeness (QED) is 0.546. The minimum atomic E-state index is -0.275. The molecule has 1 aliphatic rings. The summed E-state index contributed by atoms with van der Waals surface area (Å²) in [6.07, 6.45) is 4.10. The van der Waals surface area contributed by atoms with E-state index in [1.54, 1.807) is 24.4 Å². The molecule has 130 valence electrons. The molecule has 1 fully saturated rings. The summed E-state index contributed by atoms with van der Waals surface area (Å²) in [4.78, 5) is 13.2. The molecular formula is C17H14Cl3N3OS. The van der Waals surface area contributed by atoms with E-state index in [2.05, 4.69) is 17.3 Å². The Morgan fingerprint density at radius 3 is 2.84 bits per heavy atom. The number of aromatic nitrogens is 2. The van der Waals surface area contributed by atoms with Gasteiger partial charge in [0.1, 0.15) is 10.7 Å². The van der Waals surface area contributed by atoms with Crippen LogP contribution in [0.4, 0.5) is 5.82 Å². The minimum Gasteiger partial charge on any atom is -0.306 e. The number of thiophene rings is 1. The van der Waals surface area contributed by atoms with Crippen molar-refractivity contribution in [2.24, 2.45) is 5.92 Å². The number of nitrogens with one attached hydrogen (secondary N) is 1. The van der Waals surface area contributed by atoms with Crippen LogP contribution in [0.2, 0.25) is 15.1 Å². The fourth-order valence-corrected chi connectivity index (χ4v) is 5.22. The van der Waals surface area contributed by atoms with Crippen molar-refractivity contribution in [2.75, 3.05) is 5.32 Å². The molecule has 3 aromatic rings. The lowest BCUT2D eigenvalue weighted by atomic mass is 10.2. The van der Waals surface area contributed by atoms with Crippen molar-refractivity contribution in [3.8, 4) is 0 Å². The van der Waals surface area contributed by atoms with Gasteiger partial charge in [-0.3, -0.25) is 4.79 Å². The van der Waals surface area contributed by atoms with E-state index in [1.807, 2.05) is 4.68 Å². The van der Waals surface area contributed by atoms with Gasteiger partial charge in [-0.15, -0.1) is 11.3 Å². The van der Waals surface area contributed by atoms with Crippen molar-refractivity contribution in [1.82, 2.24) is 9.78 Å². The van der Waals surface area contributed by atoms with Crippen LogP contribution in [0.5, 0.6) is 0 Å². The summed E-state index contributed by atoms with van der Waals surface area (Å²) < 4.78 is 2.65. The Morgan fingerprint density at radius 2 is 2.12 bits per heavy atom. The molecule has 2 heterocycles. The Morgan fingerprint density at radius 1 is 1.36 bits per heavy atom. The number of amides is 1.